The van der Waals surface area contributed by atoms with Crippen LogP contribution in [0.2, 0.25) is 0 Å². The number of benzene rings is 2. The second kappa shape index (κ2) is 7.05. The fourth-order valence-corrected chi connectivity index (χ4v) is 2.78. The lowest BCUT2D eigenvalue weighted by molar-refractivity contribution is -0.119. The maximum Gasteiger partial charge on any atom is 0.239 e. The Bertz CT molecular complexity index is 766. The van der Waals surface area contributed by atoms with Gasteiger partial charge in [0.15, 0.2) is 11.5 Å². The summed E-state index contributed by atoms with van der Waals surface area (Å²) in [6, 6.07) is 13.8. The first-order valence-electron chi connectivity index (χ1n) is 8.42. The van der Waals surface area contributed by atoms with Gasteiger partial charge in [-0.05, 0) is 34.7 Å². The molecule has 0 unspecified atom stereocenters. The van der Waals surface area contributed by atoms with Crippen LogP contribution in [0.15, 0.2) is 42.5 Å². The normalized spacial score (nSPS) is 12.8. The van der Waals surface area contributed by atoms with Gasteiger partial charge in [0.2, 0.25) is 12.7 Å². The quantitative estimate of drug-likeness (QED) is 0.875. The molecule has 0 saturated heterocycles. The molecule has 5 heteroatoms. The SMILES string of the molecule is CC(C)(C)c1ccccc1NCC(=O)NCc1ccc2c(c1)OCO2. The summed E-state index contributed by atoms with van der Waals surface area (Å²) in [5.74, 6) is 1.42. The van der Waals surface area contributed by atoms with Crippen molar-refractivity contribution in [2.75, 3.05) is 18.7 Å². The van der Waals surface area contributed by atoms with Crippen molar-refractivity contribution in [3.63, 3.8) is 0 Å². The molecule has 0 bridgehead atoms. The van der Waals surface area contributed by atoms with Gasteiger partial charge in [-0.25, -0.2) is 0 Å². The number of hydrogen-bond acceptors (Lipinski definition) is 4. The van der Waals surface area contributed by atoms with Crippen molar-refractivity contribution in [2.45, 2.75) is 32.7 Å². The van der Waals surface area contributed by atoms with Gasteiger partial charge in [-0.1, -0.05) is 45.0 Å². The molecule has 0 fully saturated rings. The molecule has 1 heterocycles. The molecule has 0 radical (unpaired) electrons. The van der Waals surface area contributed by atoms with Gasteiger partial charge in [-0.2, -0.15) is 0 Å². The summed E-state index contributed by atoms with van der Waals surface area (Å²) >= 11 is 0. The average Bonchev–Trinajstić information content (AvgIpc) is 3.05. The van der Waals surface area contributed by atoms with Crippen LogP contribution in [0.25, 0.3) is 0 Å². The lowest BCUT2D eigenvalue weighted by Gasteiger charge is -2.23. The highest BCUT2D eigenvalue weighted by Crippen LogP contribution is 2.32. The smallest absolute Gasteiger partial charge is 0.239 e. The van der Waals surface area contributed by atoms with E-state index in [1.807, 2.05) is 36.4 Å². The molecule has 0 aromatic heterocycles. The number of carbonyl (C=O) groups is 1. The van der Waals surface area contributed by atoms with Gasteiger partial charge in [0.05, 0.1) is 6.54 Å². The summed E-state index contributed by atoms with van der Waals surface area (Å²) in [4.78, 5) is 12.2. The molecule has 0 aliphatic carbocycles. The number of amides is 1. The van der Waals surface area contributed by atoms with Gasteiger partial charge in [-0.3, -0.25) is 4.79 Å². The molecule has 132 valence electrons. The number of rotatable bonds is 5. The van der Waals surface area contributed by atoms with E-state index >= 15 is 0 Å². The number of carbonyl (C=O) groups excluding carboxylic acids is 1. The highest BCUT2D eigenvalue weighted by atomic mass is 16.7. The van der Waals surface area contributed by atoms with Crippen molar-refractivity contribution in [1.82, 2.24) is 5.32 Å². The van der Waals surface area contributed by atoms with Crippen molar-refractivity contribution in [1.29, 1.82) is 0 Å². The van der Waals surface area contributed by atoms with Crippen LogP contribution in [0.4, 0.5) is 5.69 Å². The van der Waals surface area contributed by atoms with Gasteiger partial charge in [-0.15, -0.1) is 0 Å². The molecule has 2 aromatic rings. The number of nitrogens with one attached hydrogen (secondary N) is 2. The van der Waals surface area contributed by atoms with Gasteiger partial charge in [0.25, 0.3) is 0 Å². The summed E-state index contributed by atoms with van der Waals surface area (Å²) < 4.78 is 10.6. The minimum absolute atomic E-state index is 0.0204. The Balaban J connectivity index is 1.54. The Morgan fingerprint density at radius 3 is 2.64 bits per heavy atom. The molecule has 25 heavy (non-hydrogen) atoms. The average molecular weight is 340 g/mol. The van der Waals surface area contributed by atoms with E-state index in [0.29, 0.717) is 6.54 Å². The Labute approximate surface area is 148 Å². The van der Waals surface area contributed by atoms with Crippen molar-refractivity contribution in [3.8, 4) is 11.5 Å². The van der Waals surface area contributed by atoms with E-state index < -0.39 is 0 Å². The topological polar surface area (TPSA) is 59.6 Å². The van der Waals surface area contributed by atoms with Crippen LogP contribution in [0.5, 0.6) is 11.5 Å². The van der Waals surface area contributed by atoms with Crippen LogP contribution in [-0.2, 0) is 16.8 Å². The monoisotopic (exact) mass is 340 g/mol. The fraction of sp³-hybridized carbons (Fsp3) is 0.350. The molecule has 0 spiro atoms. The van der Waals surface area contributed by atoms with Crippen molar-refractivity contribution in [2.24, 2.45) is 0 Å². The molecule has 0 atom stereocenters. The van der Waals surface area contributed by atoms with Crippen LogP contribution in [0.1, 0.15) is 31.9 Å². The number of fused-ring (bicyclic) bond motifs is 1. The molecule has 2 N–H and O–H groups in total. The summed E-state index contributed by atoms with van der Waals surface area (Å²) in [6.45, 7) is 7.42. The van der Waals surface area contributed by atoms with E-state index in [1.54, 1.807) is 0 Å². The zero-order valence-electron chi connectivity index (χ0n) is 14.9. The lowest BCUT2D eigenvalue weighted by Crippen LogP contribution is -2.30. The minimum Gasteiger partial charge on any atom is -0.454 e. The minimum atomic E-state index is -0.0543. The number of anilines is 1. The van der Waals surface area contributed by atoms with Gasteiger partial charge >= 0.3 is 0 Å². The Kier molecular flexibility index (Phi) is 4.83. The summed E-state index contributed by atoms with van der Waals surface area (Å²) in [7, 11) is 0. The summed E-state index contributed by atoms with van der Waals surface area (Å²) in [5, 5.41) is 6.16. The van der Waals surface area contributed by atoms with Gasteiger partial charge < -0.3 is 20.1 Å². The molecule has 1 aliphatic rings. The second-order valence-corrected chi connectivity index (χ2v) is 7.11. The predicted molar refractivity (Wildman–Crippen MR) is 98.0 cm³/mol. The van der Waals surface area contributed by atoms with Crippen LogP contribution in [0, 0.1) is 0 Å². The molecule has 0 saturated carbocycles. The van der Waals surface area contributed by atoms with Crippen LogP contribution >= 0.6 is 0 Å². The standard InChI is InChI=1S/C20H24N2O3/c1-20(2,3)15-6-4-5-7-16(15)21-12-19(23)22-11-14-8-9-17-18(10-14)25-13-24-17/h4-10,21H,11-13H2,1-3H3,(H,22,23). The third-order valence-corrected chi connectivity index (χ3v) is 4.10. The van der Waals surface area contributed by atoms with Crippen LogP contribution in [-0.4, -0.2) is 19.2 Å². The first-order chi connectivity index (χ1) is 11.9. The third kappa shape index (κ3) is 4.24. The highest BCUT2D eigenvalue weighted by Gasteiger charge is 2.17. The fourth-order valence-electron chi connectivity index (χ4n) is 2.78. The molecule has 1 aliphatic heterocycles. The maximum absolute atomic E-state index is 12.2. The van der Waals surface area contributed by atoms with Gasteiger partial charge in [0.1, 0.15) is 0 Å². The number of para-hydroxylation sites is 1. The Morgan fingerprint density at radius 2 is 1.84 bits per heavy atom. The van der Waals surface area contributed by atoms with E-state index in [4.69, 9.17) is 9.47 Å². The molecule has 2 aromatic carbocycles. The Hall–Kier alpha value is -2.69. The van der Waals surface area contributed by atoms with E-state index in [-0.39, 0.29) is 24.7 Å². The first kappa shape index (κ1) is 17.1. The van der Waals surface area contributed by atoms with Crippen LogP contribution in [0.3, 0.4) is 0 Å². The highest BCUT2D eigenvalue weighted by molar-refractivity contribution is 5.81. The van der Waals surface area contributed by atoms with E-state index in [0.717, 1.165) is 22.7 Å². The van der Waals surface area contributed by atoms with Crippen molar-refractivity contribution in [3.05, 3.63) is 53.6 Å². The van der Waals surface area contributed by atoms with Gasteiger partial charge in [0, 0.05) is 12.2 Å². The number of hydrogen-bond donors (Lipinski definition) is 2. The largest absolute Gasteiger partial charge is 0.454 e. The first-order valence-corrected chi connectivity index (χ1v) is 8.42. The Morgan fingerprint density at radius 1 is 1.08 bits per heavy atom. The van der Waals surface area contributed by atoms with Crippen molar-refractivity contribution < 1.29 is 14.3 Å². The maximum atomic E-state index is 12.2. The van der Waals surface area contributed by atoms with Crippen LogP contribution < -0.4 is 20.1 Å². The zero-order chi connectivity index (χ0) is 17.9. The molecule has 1 amide bonds. The second-order valence-electron chi connectivity index (χ2n) is 7.11. The summed E-state index contributed by atoms with van der Waals surface area (Å²) in [6.07, 6.45) is 0. The van der Waals surface area contributed by atoms with Crippen molar-refractivity contribution >= 4 is 11.6 Å². The molecule has 5 nitrogen and oxygen atoms in total. The van der Waals surface area contributed by atoms with E-state index in [1.165, 1.54) is 5.56 Å². The lowest BCUT2D eigenvalue weighted by atomic mass is 9.86. The van der Waals surface area contributed by atoms with E-state index in [2.05, 4.69) is 37.5 Å². The molecular formula is C20H24N2O3. The van der Waals surface area contributed by atoms with E-state index in [9.17, 15) is 4.79 Å². The molecule has 3 rings (SSSR count). The summed E-state index contributed by atoms with van der Waals surface area (Å²) in [5.41, 5.74) is 3.19. The third-order valence-electron chi connectivity index (χ3n) is 4.10. The predicted octanol–water partition coefficient (Wildman–Crippen LogP) is 3.44. The zero-order valence-corrected chi connectivity index (χ0v) is 14.9. The molecular weight excluding hydrogens is 316 g/mol. The number of ether oxygens (including phenoxy) is 2.